The number of H-pyrrole nitrogens is 2. The summed E-state index contributed by atoms with van der Waals surface area (Å²) in [5, 5.41) is 9.05. The fraction of sp³-hybridized carbons (Fsp3) is 0.333. The molecule has 2 heterocycles. The van der Waals surface area contributed by atoms with E-state index in [4.69, 9.17) is 17.3 Å². The molecule has 1 atom stereocenters. The number of fused-ring (bicyclic) bond motifs is 1. The van der Waals surface area contributed by atoms with Gasteiger partial charge in [0, 0.05) is 0 Å². The minimum Gasteiger partial charge on any atom is -0.480 e. The number of carbonyl (C=O) groups is 1. The minimum absolute atomic E-state index is 0.0591. The molecule has 0 saturated heterocycles. The van der Waals surface area contributed by atoms with Crippen LogP contribution in [0.4, 0.5) is 0 Å². The molecule has 0 saturated carbocycles. The Hall–Kier alpha value is -1.96. The van der Waals surface area contributed by atoms with Gasteiger partial charge in [-0.25, -0.2) is 9.78 Å². The van der Waals surface area contributed by atoms with Gasteiger partial charge < -0.3 is 15.1 Å². The number of hydrogen-bond acceptors (Lipinski definition) is 4. The normalized spacial score (nSPS) is 12.8. The second kappa shape index (κ2) is 4.13. The molecule has 7 nitrogen and oxygen atoms in total. The van der Waals surface area contributed by atoms with Crippen molar-refractivity contribution in [3.8, 4) is 0 Å². The zero-order chi connectivity index (χ0) is 12.6. The van der Waals surface area contributed by atoms with Crippen LogP contribution in [0, 0.1) is 4.77 Å². The summed E-state index contributed by atoms with van der Waals surface area (Å²) in [5.41, 5.74) is 0.0743. The number of nitrogens with one attached hydrogen (secondary N) is 2. The first-order valence-electron chi connectivity index (χ1n) is 4.97. The van der Waals surface area contributed by atoms with Crippen LogP contribution in [-0.2, 0) is 4.79 Å². The van der Waals surface area contributed by atoms with Crippen LogP contribution in [-0.4, -0.2) is 30.6 Å². The number of aromatic amines is 2. The summed E-state index contributed by atoms with van der Waals surface area (Å²) in [6.45, 7) is 1.68. The Balaban J connectivity index is 2.81. The van der Waals surface area contributed by atoms with Gasteiger partial charge in [0.25, 0.3) is 5.56 Å². The van der Waals surface area contributed by atoms with E-state index in [-0.39, 0.29) is 16.7 Å². The summed E-state index contributed by atoms with van der Waals surface area (Å²) >= 11 is 4.98. The van der Waals surface area contributed by atoms with Gasteiger partial charge in [-0.1, -0.05) is 6.92 Å². The van der Waals surface area contributed by atoms with Gasteiger partial charge in [-0.2, -0.15) is 0 Å². The molecular formula is C9H10N4O3S. The van der Waals surface area contributed by atoms with Gasteiger partial charge >= 0.3 is 5.97 Å². The van der Waals surface area contributed by atoms with Crippen molar-refractivity contribution in [3.05, 3.63) is 21.5 Å². The van der Waals surface area contributed by atoms with Gasteiger partial charge in [-0.3, -0.25) is 9.36 Å². The molecule has 0 aromatic carbocycles. The SMILES string of the molecule is CCC(C(=O)O)n1c(=S)[nH]c2nc[nH]c2c1=O. The molecule has 1 unspecified atom stereocenters. The van der Waals surface area contributed by atoms with E-state index in [0.29, 0.717) is 5.65 Å². The number of aliphatic carboxylic acids is 1. The van der Waals surface area contributed by atoms with Crippen molar-refractivity contribution in [2.45, 2.75) is 19.4 Å². The van der Waals surface area contributed by atoms with E-state index in [1.54, 1.807) is 6.92 Å². The standard InChI is InChI=1S/C9H10N4O3S/c1-2-4(8(15)16)13-7(14)5-6(11-3-10-5)12-9(13)17/h3-4H,2H2,1H3,(H,10,11)(H,12,17)(H,15,16). The fourth-order valence-electron chi connectivity index (χ4n) is 1.68. The molecule has 0 bridgehead atoms. The number of carboxylic acid groups (broad SMARTS) is 1. The van der Waals surface area contributed by atoms with Crippen molar-refractivity contribution in [3.63, 3.8) is 0 Å². The largest absolute Gasteiger partial charge is 0.480 e. The maximum Gasteiger partial charge on any atom is 0.326 e. The average molecular weight is 254 g/mol. The van der Waals surface area contributed by atoms with Crippen molar-refractivity contribution in [2.75, 3.05) is 0 Å². The lowest BCUT2D eigenvalue weighted by molar-refractivity contribution is -0.141. The van der Waals surface area contributed by atoms with E-state index >= 15 is 0 Å². The Kier molecular flexibility index (Phi) is 2.80. The highest BCUT2D eigenvalue weighted by atomic mass is 32.1. The Morgan fingerprint density at radius 2 is 2.41 bits per heavy atom. The zero-order valence-corrected chi connectivity index (χ0v) is 9.74. The van der Waals surface area contributed by atoms with Crippen molar-refractivity contribution < 1.29 is 9.90 Å². The third-order valence-electron chi connectivity index (χ3n) is 2.50. The number of carboxylic acids is 1. The van der Waals surface area contributed by atoms with Crippen LogP contribution >= 0.6 is 12.2 Å². The van der Waals surface area contributed by atoms with Gasteiger partial charge in [0.15, 0.2) is 10.4 Å². The molecule has 2 rings (SSSR count). The molecule has 2 aromatic heterocycles. The molecule has 0 fully saturated rings. The highest BCUT2D eigenvalue weighted by Gasteiger charge is 2.21. The second-order valence-electron chi connectivity index (χ2n) is 3.49. The lowest BCUT2D eigenvalue weighted by Crippen LogP contribution is -2.31. The summed E-state index contributed by atoms with van der Waals surface area (Å²) < 4.78 is 1.11. The third-order valence-corrected chi connectivity index (χ3v) is 2.80. The summed E-state index contributed by atoms with van der Waals surface area (Å²) in [6.07, 6.45) is 1.62. The van der Waals surface area contributed by atoms with Crippen molar-refractivity contribution in [1.29, 1.82) is 0 Å². The molecule has 0 radical (unpaired) electrons. The molecule has 2 aromatic rings. The first kappa shape index (κ1) is 11.5. The smallest absolute Gasteiger partial charge is 0.326 e. The van der Waals surface area contributed by atoms with Crippen molar-refractivity contribution in [2.24, 2.45) is 0 Å². The van der Waals surface area contributed by atoms with E-state index in [1.807, 2.05) is 0 Å². The first-order chi connectivity index (χ1) is 8.06. The molecule has 0 aliphatic carbocycles. The van der Waals surface area contributed by atoms with Gasteiger partial charge in [0.1, 0.15) is 11.6 Å². The van der Waals surface area contributed by atoms with E-state index in [2.05, 4.69) is 15.0 Å². The van der Waals surface area contributed by atoms with Crippen molar-refractivity contribution >= 4 is 29.4 Å². The Morgan fingerprint density at radius 3 is 3.00 bits per heavy atom. The molecule has 90 valence electrons. The molecule has 8 heteroatoms. The van der Waals surface area contributed by atoms with Crippen LogP contribution in [0.25, 0.3) is 11.2 Å². The van der Waals surface area contributed by atoms with Crippen LogP contribution in [0.3, 0.4) is 0 Å². The van der Waals surface area contributed by atoms with Gasteiger partial charge in [0.05, 0.1) is 6.33 Å². The number of imidazole rings is 1. The van der Waals surface area contributed by atoms with Crippen LogP contribution in [0.2, 0.25) is 0 Å². The number of hydrogen-bond donors (Lipinski definition) is 3. The maximum absolute atomic E-state index is 12.1. The van der Waals surface area contributed by atoms with E-state index < -0.39 is 17.6 Å². The van der Waals surface area contributed by atoms with E-state index in [9.17, 15) is 9.59 Å². The third kappa shape index (κ3) is 1.76. The number of nitrogens with zero attached hydrogens (tertiary/aromatic N) is 2. The summed E-state index contributed by atoms with van der Waals surface area (Å²) in [4.78, 5) is 32.4. The Bertz CT molecular complexity index is 683. The number of rotatable bonds is 3. The van der Waals surface area contributed by atoms with E-state index in [1.165, 1.54) is 6.33 Å². The molecule has 0 aliphatic rings. The molecular weight excluding hydrogens is 244 g/mol. The summed E-state index contributed by atoms with van der Waals surface area (Å²) in [6, 6.07) is -0.973. The fourth-order valence-corrected chi connectivity index (χ4v) is 1.98. The zero-order valence-electron chi connectivity index (χ0n) is 8.93. The van der Waals surface area contributed by atoms with Crippen LogP contribution in [0.5, 0.6) is 0 Å². The van der Waals surface area contributed by atoms with Crippen LogP contribution < -0.4 is 5.56 Å². The molecule has 17 heavy (non-hydrogen) atoms. The Labute approximate surface area is 100 Å². The highest BCUT2D eigenvalue weighted by Crippen LogP contribution is 2.11. The minimum atomic E-state index is -1.09. The van der Waals surface area contributed by atoms with Crippen molar-refractivity contribution in [1.82, 2.24) is 19.5 Å². The molecule has 0 aliphatic heterocycles. The lowest BCUT2D eigenvalue weighted by Gasteiger charge is -2.13. The van der Waals surface area contributed by atoms with Gasteiger partial charge in [-0.15, -0.1) is 0 Å². The summed E-state index contributed by atoms with van der Waals surface area (Å²) in [7, 11) is 0. The molecule has 3 N–H and O–H groups in total. The van der Waals surface area contributed by atoms with Crippen LogP contribution in [0.15, 0.2) is 11.1 Å². The second-order valence-corrected chi connectivity index (χ2v) is 3.88. The lowest BCUT2D eigenvalue weighted by atomic mass is 10.2. The quantitative estimate of drug-likeness (QED) is 0.703. The highest BCUT2D eigenvalue weighted by molar-refractivity contribution is 7.71. The maximum atomic E-state index is 12.1. The monoisotopic (exact) mass is 254 g/mol. The van der Waals surface area contributed by atoms with Crippen LogP contribution in [0.1, 0.15) is 19.4 Å². The molecule has 0 spiro atoms. The Morgan fingerprint density at radius 1 is 1.71 bits per heavy atom. The summed E-state index contributed by atoms with van der Waals surface area (Å²) in [5.74, 6) is -1.09. The predicted octanol–water partition coefficient (Wildman–Crippen LogP) is 0.818. The topological polar surface area (TPSA) is 104 Å². The van der Waals surface area contributed by atoms with E-state index in [0.717, 1.165) is 4.57 Å². The molecule has 0 amide bonds. The average Bonchev–Trinajstić information content (AvgIpc) is 2.71. The van der Waals surface area contributed by atoms with Gasteiger partial charge in [-0.05, 0) is 18.6 Å². The first-order valence-corrected chi connectivity index (χ1v) is 5.37. The van der Waals surface area contributed by atoms with Gasteiger partial charge in [0.2, 0.25) is 0 Å². The predicted molar refractivity (Wildman–Crippen MR) is 62.5 cm³/mol. The number of aromatic nitrogens is 4.